The highest BCUT2D eigenvalue weighted by molar-refractivity contribution is 5.77. The number of rotatable bonds is 5. The van der Waals surface area contributed by atoms with Crippen molar-refractivity contribution in [3.05, 3.63) is 29.2 Å². The molecule has 1 unspecified atom stereocenters. The van der Waals surface area contributed by atoms with Crippen LogP contribution in [0.15, 0.2) is 12.1 Å². The topological polar surface area (TPSA) is 59.7 Å². The van der Waals surface area contributed by atoms with Crippen molar-refractivity contribution in [3.63, 3.8) is 0 Å². The van der Waals surface area contributed by atoms with Crippen molar-refractivity contribution < 1.29 is 22.7 Å². The molecular weight excluding hydrogens is 349 g/mol. The molecule has 0 bridgehead atoms. The molecule has 142 valence electrons. The maximum Gasteiger partial charge on any atom is 0.433 e. The van der Waals surface area contributed by atoms with Crippen molar-refractivity contribution in [1.82, 2.24) is 19.5 Å². The van der Waals surface area contributed by atoms with Gasteiger partial charge in [0.25, 0.3) is 0 Å². The van der Waals surface area contributed by atoms with Gasteiger partial charge in [-0.3, -0.25) is 4.79 Å². The number of methoxy groups -OCH3 is 1. The summed E-state index contributed by atoms with van der Waals surface area (Å²) in [7, 11) is 1.52. The third-order valence-electron chi connectivity index (χ3n) is 4.59. The highest BCUT2D eigenvalue weighted by atomic mass is 19.4. The lowest BCUT2D eigenvalue weighted by Crippen LogP contribution is -2.31. The van der Waals surface area contributed by atoms with Gasteiger partial charge in [0.2, 0.25) is 5.91 Å². The molecule has 0 radical (unpaired) electrons. The van der Waals surface area contributed by atoms with Crippen molar-refractivity contribution in [3.8, 4) is 0 Å². The number of hydrogen-bond acceptors (Lipinski definition) is 4. The Labute approximate surface area is 148 Å². The van der Waals surface area contributed by atoms with Crippen LogP contribution in [0.4, 0.5) is 13.2 Å². The fourth-order valence-corrected chi connectivity index (χ4v) is 3.30. The standard InChI is InChI=1S/C17H21F3N4O2/c1-3-11-9-14(17(18,19)20)24-15(21-11)10-12(22-24)13-5-4-7-23(13)16(25)6-8-26-2/h9-10,13H,3-8H2,1-2H3. The van der Waals surface area contributed by atoms with E-state index in [-0.39, 0.29) is 24.0 Å². The summed E-state index contributed by atoms with van der Waals surface area (Å²) in [6, 6.07) is 2.26. The van der Waals surface area contributed by atoms with Crippen molar-refractivity contribution in [2.45, 2.75) is 44.8 Å². The first kappa shape index (κ1) is 18.6. The monoisotopic (exact) mass is 370 g/mol. The molecule has 0 spiro atoms. The van der Waals surface area contributed by atoms with Gasteiger partial charge in [-0.2, -0.15) is 18.3 Å². The fourth-order valence-electron chi connectivity index (χ4n) is 3.30. The van der Waals surface area contributed by atoms with E-state index < -0.39 is 11.9 Å². The minimum atomic E-state index is -4.53. The van der Waals surface area contributed by atoms with Gasteiger partial charge in [-0.1, -0.05) is 6.92 Å². The van der Waals surface area contributed by atoms with Crippen LogP contribution in [0.2, 0.25) is 0 Å². The molecule has 6 nitrogen and oxygen atoms in total. The van der Waals surface area contributed by atoms with Gasteiger partial charge >= 0.3 is 6.18 Å². The van der Waals surface area contributed by atoms with E-state index in [9.17, 15) is 18.0 Å². The van der Waals surface area contributed by atoms with Gasteiger partial charge in [-0.25, -0.2) is 9.50 Å². The molecule has 1 atom stereocenters. The van der Waals surface area contributed by atoms with E-state index in [2.05, 4.69) is 10.1 Å². The zero-order valence-electron chi connectivity index (χ0n) is 14.7. The Hall–Kier alpha value is -2.16. The quantitative estimate of drug-likeness (QED) is 0.812. The second kappa shape index (κ2) is 7.22. The van der Waals surface area contributed by atoms with Crippen molar-refractivity contribution in [2.24, 2.45) is 0 Å². The lowest BCUT2D eigenvalue weighted by atomic mass is 10.1. The van der Waals surface area contributed by atoms with Gasteiger partial charge in [0.05, 0.1) is 24.8 Å². The largest absolute Gasteiger partial charge is 0.433 e. The second-order valence-corrected chi connectivity index (χ2v) is 6.31. The van der Waals surface area contributed by atoms with Crippen LogP contribution in [0.25, 0.3) is 5.65 Å². The molecule has 9 heteroatoms. The highest BCUT2D eigenvalue weighted by Gasteiger charge is 2.37. The molecule has 0 aliphatic carbocycles. The lowest BCUT2D eigenvalue weighted by molar-refractivity contribution is -0.142. The van der Waals surface area contributed by atoms with Crippen LogP contribution in [-0.2, 0) is 22.1 Å². The number of nitrogens with zero attached hydrogens (tertiary/aromatic N) is 4. The lowest BCUT2D eigenvalue weighted by Gasteiger charge is -2.23. The van der Waals surface area contributed by atoms with Gasteiger partial charge in [0.1, 0.15) is 5.69 Å². The van der Waals surface area contributed by atoms with Crippen LogP contribution in [-0.4, -0.2) is 45.7 Å². The first-order valence-electron chi connectivity index (χ1n) is 8.60. The van der Waals surface area contributed by atoms with Crippen LogP contribution in [0, 0.1) is 0 Å². The zero-order chi connectivity index (χ0) is 18.9. The Morgan fingerprint density at radius 1 is 1.38 bits per heavy atom. The van der Waals surface area contributed by atoms with E-state index >= 15 is 0 Å². The number of hydrogen-bond donors (Lipinski definition) is 0. The summed E-state index contributed by atoms with van der Waals surface area (Å²) in [5, 5.41) is 4.16. The number of carbonyl (C=O) groups excluding carboxylic acids is 1. The molecule has 2 aromatic heterocycles. The Bertz CT molecular complexity index is 803. The number of aryl methyl sites for hydroxylation is 1. The molecule has 1 aliphatic heterocycles. The van der Waals surface area contributed by atoms with Gasteiger partial charge < -0.3 is 9.64 Å². The van der Waals surface area contributed by atoms with Crippen molar-refractivity contribution in [2.75, 3.05) is 20.3 Å². The Kier molecular flexibility index (Phi) is 5.17. The van der Waals surface area contributed by atoms with Gasteiger partial charge in [-0.15, -0.1) is 0 Å². The zero-order valence-corrected chi connectivity index (χ0v) is 14.7. The number of carbonyl (C=O) groups is 1. The van der Waals surface area contributed by atoms with E-state index in [1.807, 2.05) is 0 Å². The van der Waals surface area contributed by atoms with E-state index in [4.69, 9.17) is 4.74 Å². The van der Waals surface area contributed by atoms with E-state index in [0.717, 1.165) is 17.0 Å². The molecular formula is C17H21F3N4O2. The molecule has 3 heterocycles. The first-order valence-corrected chi connectivity index (χ1v) is 8.60. The van der Waals surface area contributed by atoms with E-state index in [1.54, 1.807) is 17.9 Å². The summed E-state index contributed by atoms with van der Waals surface area (Å²) in [6.45, 7) is 2.64. The van der Waals surface area contributed by atoms with Crippen LogP contribution in [0.1, 0.15) is 49.3 Å². The molecule has 1 amide bonds. The van der Waals surface area contributed by atoms with E-state index in [1.165, 1.54) is 7.11 Å². The minimum Gasteiger partial charge on any atom is -0.384 e. The Morgan fingerprint density at radius 2 is 2.15 bits per heavy atom. The number of amides is 1. The molecule has 1 saturated heterocycles. The molecule has 1 aliphatic rings. The average molecular weight is 370 g/mol. The fraction of sp³-hybridized carbons (Fsp3) is 0.588. The summed E-state index contributed by atoms with van der Waals surface area (Å²) in [5.41, 5.74) is 0.110. The normalized spacial score (nSPS) is 18.0. The smallest absolute Gasteiger partial charge is 0.384 e. The number of fused-ring (bicyclic) bond motifs is 1. The minimum absolute atomic E-state index is 0.0790. The van der Waals surface area contributed by atoms with Crippen LogP contribution in [0.5, 0.6) is 0 Å². The Morgan fingerprint density at radius 3 is 2.81 bits per heavy atom. The Balaban J connectivity index is 1.99. The SMILES string of the molecule is CCc1cc(C(F)(F)F)n2nc(C3CCCN3C(=O)CCOC)cc2n1. The average Bonchev–Trinajstić information content (AvgIpc) is 3.23. The number of aromatic nitrogens is 3. The van der Waals surface area contributed by atoms with Gasteiger partial charge in [0.15, 0.2) is 5.65 Å². The highest BCUT2D eigenvalue weighted by Crippen LogP contribution is 2.34. The van der Waals surface area contributed by atoms with Crippen LogP contribution in [0.3, 0.4) is 0 Å². The summed E-state index contributed by atoms with van der Waals surface area (Å²) in [4.78, 5) is 18.3. The third-order valence-corrected chi connectivity index (χ3v) is 4.59. The van der Waals surface area contributed by atoms with Gasteiger partial charge in [0, 0.05) is 25.4 Å². The first-order chi connectivity index (χ1) is 12.3. The van der Waals surface area contributed by atoms with Gasteiger partial charge in [-0.05, 0) is 25.3 Å². The number of ether oxygens (including phenoxy) is 1. The molecule has 3 rings (SSSR count). The maximum absolute atomic E-state index is 13.4. The second-order valence-electron chi connectivity index (χ2n) is 6.31. The van der Waals surface area contributed by atoms with Crippen molar-refractivity contribution in [1.29, 1.82) is 0 Å². The van der Waals surface area contributed by atoms with Crippen LogP contribution >= 0.6 is 0 Å². The molecule has 1 fully saturated rings. The molecule has 0 saturated carbocycles. The maximum atomic E-state index is 13.4. The molecule has 0 N–H and O–H groups in total. The van der Waals surface area contributed by atoms with Crippen LogP contribution < -0.4 is 0 Å². The van der Waals surface area contributed by atoms with Crippen molar-refractivity contribution >= 4 is 11.6 Å². The van der Waals surface area contributed by atoms with E-state index in [0.29, 0.717) is 37.4 Å². The summed E-state index contributed by atoms with van der Waals surface area (Å²) in [5.74, 6) is -0.0790. The number of likely N-dealkylation sites (tertiary alicyclic amines) is 1. The predicted molar refractivity (Wildman–Crippen MR) is 87.5 cm³/mol. The third kappa shape index (κ3) is 3.53. The molecule has 0 aromatic carbocycles. The number of alkyl halides is 3. The summed E-state index contributed by atoms with van der Waals surface area (Å²) < 4.78 is 46.0. The molecule has 2 aromatic rings. The summed E-state index contributed by atoms with van der Waals surface area (Å²) >= 11 is 0. The molecule has 26 heavy (non-hydrogen) atoms. The summed E-state index contributed by atoms with van der Waals surface area (Å²) in [6.07, 6.45) is -2.43. The predicted octanol–water partition coefficient (Wildman–Crippen LogP) is 3.01. The number of halogens is 3.